The second kappa shape index (κ2) is 8.67. The van der Waals surface area contributed by atoms with Crippen LogP contribution in [0.1, 0.15) is 5.56 Å². The Morgan fingerprint density at radius 1 is 1.12 bits per heavy atom. The van der Waals surface area contributed by atoms with Gasteiger partial charge in [0.15, 0.2) is 6.61 Å². The third-order valence-corrected chi connectivity index (χ3v) is 7.24. The Morgan fingerprint density at radius 3 is 2.59 bits per heavy atom. The van der Waals surface area contributed by atoms with Gasteiger partial charge in [0, 0.05) is 26.2 Å². The van der Waals surface area contributed by atoms with Gasteiger partial charge in [-0.25, -0.2) is 13.2 Å². The molecular formula is C21H24N4O6S. The second-order valence-electron chi connectivity index (χ2n) is 7.52. The van der Waals surface area contributed by atoms with Crippen LogP contribution in [-0.4, -0.2) is 69.5 Å². The molecule has 2 aromatic carbocycles. The number of hydrogen-bond donors (Lipinski definition) is 2. The number of aryl methyl sites for hydroxylation is 1. The molecule has 3 amide bonds. The van der Waals surface area contributed by atoms with Gasteiger partial charge in [-0.3, -0.25) is 4.79 Å². The van der Waals surface area contributed by atoms with Crippen molar-refractivity contribution < 1.29 is 27.5 Å². The van der Waals surface area contributed by atoms with Gasteiger partial charge >= 0.3 is 6.03 Å². The van der Waals surface area contributed by atoms with Crippen molar-refractivity contribution in [3.05, 3.63) is 42.0 Å². The van der Waals surface area contributed by atoms with E-state index in [2.05, 4.69) is 10.6 Å². The number of carbonyl (C=O) groups excluding carboxylic acids is 2. The van der Waals surface area contributed by atoms with Crippen LogP contribution >= 0.6 is 0 Å². The minimum Gasteiger partial charge on any atom is -0.495 e. The highest BCUT2D eigenvalue weighted by molar-refractivity contribution is 7.89. The molecule has 0 aromatic heterocycles. The highest BCUT2D eigenvalue weighted by Gasteiger charge is 2.31. The number of rotatable bonds is 4. The molecule has 2 aliphatic rings. The van der Waals surface area contributed by atoms with E-state index < -0.39 is 10.0 Å². The molecule has 2 heterocycles. The van der Waals surface area contributed by atoms with E-state index in [1.807, 2.05) is 19.1 Å². The normalized spacial score (nSPS) is 16.6. The zero-order valence-electron chi connectivity index (χ0n) is 17.8. The average Bonchev–Trinajstić information content (AvgIpc) is 2.78. The molecule has 0 radical (unpaired) electrons. The minimum atomic E-state index is -3.79. The lowest BCUT2D eigenvalue weighted by Crippen LogP contribution is -2.51. The van der Waals surface area contributed by atoms with E-state index in [4.69, 9.17) is 9.47 Å². The number of piperazine rings is 1. The summed E-state index contributed by atoms with van der Waals surface area (Å²) in [5.74, 6) is 0.641. The van der Waals surface area contributed by atoms with Crippen molar-refractivity contribution in [1.82, 2.24) is 9.21 Å². The lowest BCUT2D eigenvalue weighted by Gasteiger charge is -2.34. The predicted octanol–water partition coefficient (Wildman–Crippen LogP) is 1.87. The maximum absolute atomic E-state index is 13.1. The largest absolute Gasteiger partial charge is 0.495 e. The molecule has 0 atom stereocenters. The van der Waals surface area contributed by atoms with Crippen molar-refractivity contribution in [2.45, 2.75) is 11.8 Å². The number of carbonyl (C=O) groups is 2. The van der Waals surface area contributed by atoms with Crippen LogP contribution < -0.4 is 20.1 Å². The summed E-state index contributed by atoms with van der Waals surface area (Å²) >= 11 is 0. The fourth-order valence-corrected chi connectivity index (χ4v) is 5.07. The third-order valence-electron chi connectivity index (χ3n) is 5.34. The summed E-state index contributed by atoms with van der Waals surface area (Å²) < 4.78 is 38.1. The number of fused-ring (bicyclic) bond motifs is 1. The number of anilines is 2. The van der Waals surface area contributed by atoms with Crippen LogP contribution in [0.4, 0.5) is 16.2 Å². The smallest absolute Gasteiger partial charge is 0.322 e. The van der Waals surface area contributed by atoms with E-state index in [1.165, 1.54) is 29.6 Å². The van der Waals surface area contributed by atoms with Crippen LogP contribution in [0.3, 0.4) is 0 Å². The van der Waals surface area contributed by atoms with Gasteiger partial charge in [0.25, 0.3) is 5.91 Å². The fourth-order valence-electron chi connectivity index (χ4n) is 3.62. The molecule has 32 heavy (non-hydrogen) atoms. The van der Waals surface area contributed by atoms with Crippen LogP contribution in [0.5, 0.6) is 11.5 Å². The first-order chi connectivity index (χ1) is 15.3. The summed E-state index contributed by atoms with van der Waals surface area (Å²) in [6, 6.07) is 9.54. The van der Waals surface area contributed by atoms with Crippen LogP contribution in [0.2, 0.25) is 0 Å². The van der Waals surface area contributed by atoms with Crippen molar-refractivity contribution in [3.63, 3.8) is 0 Å². The monoisotopic (exact) mass is 460 g/mol. The lowest BCUT2D eigenvalue weighted by molar-refractivity contribution is -0.118. The zero-order chi connectivity index (χ0) is 22.9. The molecule has 0 unspecified atom stereocenters. The van der Waals surface area contributed by atoms with Crippen molar-refractivity contribution >= 4 is 33.3 Å². The highest BCUT2D eigenvalue weighted by Crippen LogP contribution is 2.31. The number of amides is 3. The van der Waals surface area contributed by atoms with Crippen molar-refractivity contribution in [2.24, 2.45) is 0 Å². The number of sulfonamides is 1. The van der Waals surface area contributed by atoms with Gasteiger partial charge in [0.2, 0.25) is 10.0 Å². The maximum Gasteiger partial charge on any atom is 0.322 e. The first-order valence-electron chi connectivity index (χ1n) is 10.1. The Morgan fingerprint density at radius 2 is 1.88 bits per heavy atom. The van der Waals surface area contributed by atoms with Crippen LogP contribution in [0.25, 0.3) is 0 Å². The zero-order valence-corrected chi connectivity index (χ0v) is 18.6. The number of urea groups is 1. The molecular weight excluding hydrogens is 436 g/mol. The Labute approximate surface area is 186 Å². The summed E-state index contributed by atoms with van der Waals surface area (Å²) in [6.07, 6.45) is 0. The van der Waals surface area contributed by atoms with Crippen molar-refractivity contribution in [1.29, 1.82) is 0 Å². The highest BCUT2D eigenvalue weighted by atomic mass is 32.2. The van der Waals surface area contributed by atoms with E-state index in [0.29, 0.717) is 22.9 Å². The molecule has 170 valence electrons. The molecule has 11 heteroatoms. The summed E-state index contributed by atoms with van der Waals surface area (Å²) in [5, 5.41) is 5.45. The van der Waals surface area contributed by atoms with Gasteiger partial charge in [-0.15, -0.1) is 0 Å². The SMILES string of the molecule is COc1ccc(C)cc1NC(=O)N1CCN(S(=O)(=O)c2ccc3c(c2)NC(=O)CO3)CC1. The molecule has 2 aliphatic heterocycles. The first kappa shape index (κ1) is 21.9. The van der Waals surface area contributed by atoms with Gasteiger partial charge in [0.1, 0.15) is 11.5 Å². The maximum atomic E-state index is 13.1. The molecule has 1 fully saturated rings. The average molecular weight is 461 g/mol. The number of ether oxygens (including phenoxy) is 2. The molecule has 1 saturated heterocycles. The van der Waals surface area contributed by atoms with Gasteiger partial charge < -0.3 is 25.0 Å². The number of nitrogens with one attached hydrogen (secondary N) is 2. The standard InChI is InChI=1S/C21H24N4O6S/c1-14-3-5-18(30-2)16(11-14)23-21(27)24-7-9-25(10-8-24)32(28,29)15-4-6-19-17(12-15)22-20(26)13-31-19/h3-6,11-12H,7-10,13H2,1-2H3,(H,22,26)(H,23,27). The van der Waals surface area contributed by atoms with Crippen LogP contribution in [0, 0.1) is 6.92 Å². The van der Waals surface area contributed by atoms with Crippen molar-refractivity contribution in [3.8, 4) is 11.5 Å². The molecule has 0 spiro atoms. The Bertz CT molecular complexity index is 1160. The molecule has 0 aliphatic carbocycles. The number of nitrogens with zero attached hydrogens (tertiary/aromatic N) is 2. The quantitative estimate of drug-likeness (QED) is 0.720. The Balaban J connectivity index is 1.42. The summed E-state index contributed by atoms with van der Waals surface area (Å²) in [5.41, 5.74) is 1.86. The molecule has 2 N–H and O–H groups in total. The topological polar surface area (TPSA) is 117 Å². The summed E-state index contributed by atoms with van der Waals surface area (Å²) in [4.78, 5) is 25.9. The summed E-state index contributed by atoms with van der Waals surface area (Å²) in [7, 11) is -2.26. The first-order valence-corrected chi connectivity index (χ1v) is 11.5. The van der Waals surface area contributed by atoms with Crippen LogP contribution in [-0.2, 0) is 14.8 Å². The van der Waals surface area contributed by atoms with E-state index in [-0.39, 0.29) is 49.6 Å². The number of methoxy groups -OCH3 is 1. The van der Waals surface area contributed by atoms with Gasteiger partial charge in [-0.1, -0.05) is 6.07 Å². The number of hydrogen-bond acceptors (Lipinski definition) is 6. The Kier molecular flexibility index (Phi) is 5.94. The second-order valence-corrected chi connectivity index (χ2v) is 9.46. The molecule has 10 nitrogen and oxygen atoms in total. The molecule has 4 rings (SSSR count). The number of benzene rings is 2. The Hall–Kier alpha value is -3.31. The molecule has 0 bridgehead atoms. The minimum absolute atomic E-state index is 0.0597. The van der Waals surface area contributed by atoms with Crippen molar-refractivity contribution in [2.75, 3.05) is 50.5 Å². The van der Waals surface area contributed by atoms with Crippen LogP contribution in [0.15, 0.2) is 41.3 Å². The van der Waals surface area contributed by atoms with E-state index in [9.17, 15) is 18.0 Å². The van der Waals surface area contributed by atoms with Gasteiger partial charge in [-0.2, -0.15) is 4.31 Å². The third kappa shape index (κ3) is 4.34. The lowest BCUT2D eigenvalue weighted by atomic mass is 10.2. The molecule has 2 aromatic rings. The van der Waals surface area contributed by atoms with Gasteiger partial charge in [-0.05, 0) is 42.8 Å². The van der Waals surface area contributed by atoms with E-state index >= 15 is 0 Å². The van der Waals surface area contributed by atoms with E-state index in [1.54, 1.807) is 11.0 Å². The summed E-state index contributed by atoms with van der Waals surface area (Å²) in [6.45, 7) is 2.60. The molecule has 0 saturated carbocycles. The van der Waals surface area contributed by atoms with E-state index in [0.717, 1.165) is 5.56 Å². The van der Waals surface area contributed by atoms with Gasteiger partial charge in [0.05, 0.1) is 23.4 Å². The fraction of sp³-hybridized carbons (Fsp3) is 0.333. The predicted molar refractivity (Wildman–Crippen MR) is 118 cm³/mol.